The van der Waals surface area contributed by atoms with E-state index in [-0.39, 0.29) is 36.2 Å². The Kier molecular flexibility index (Phi) is 4.61. The second-order valence-corrected chi connectivity index (χ2v) is 8.57. The molecule has 1 fully saturated rings. The zero-order chi connectivity index (χ0) is 17.5. The number of rotatable bonds is 4. The average Bonchev–Trinajstić information content (AvgIpc) is 3.10. The summed E-state index contributed by atoms with van der Waals surface area (Å²) < 4.78 is 31.4. The third-order valence-corrected chi connectivity index (χ3v) is 6.25. The Morgan fingerprint density at radius 1 is 1.42 bits per heavy atom. The van der Waals surface area contributed by atoms with Gasteiger partial charge in [0.2, 0.25) is 10.0 Å². The number of aliphatic hydroxyl groups is 1. The van der Waals surface area contributed by atoms with Crippen molar-refractivity contribution in [3.05, 3.63) is 45.5 Å². The maximum absolute atomic E-state index is 12.6. The smallest absolute Gasteiger partial charge is 0.260 e. The van der Waals surface area contributed by atoms with Crippen molar-refractivity contribution < 1.29 is 18.0 Å². The molecule has 10 heteroatoms. The molecule has 3 rings (SSSR count). The van der Waals surface area contributed by atoms with E-state index in [4.69, 9.17) is 27.7 Å². The van der Waals surface area contributed by atoms with Crippen LogP contribution in [0.5, 0.6) is 0 Å². The van der Waals surface area contributed by atoms with Gasteiger partial charge in [0.05, 0.1) is 12.3 Å². The van der Waals surface area contributed by atoms with Crippen LogP contribution in [0, 0.1) is 6.92 Å². The summed E-state index contributed by atoms with van der Waals surface area (Å²) in [5.74, 6) is 0.136. The van der Waals surface area contributed by atoms with Crippen molar-refractivity contribution in [3.8, 4) is 0 Å². The molecule has 24 heavy (non-hydrogen) atoms. The number of nitrogens with zero attached hydrogens (tertiary/aromatic N) is 3. The molecular weight excluding hydrogens is 377 g/mol. The Bertz CT molecular complexity index is 871. The molecule has 1 aliphatic rings. The van der Waals surface area contributed by atoms with Gasteiger partial charge in [-0.1, -0.05) is 34.4 Å². The Labute approximate surface area is 149 Å². The van der Waals surface area contributed by atoms with Crippen molar-refractivity contribution in [3.63, 3.8) is 0 Å². The third-order valence-electron chi connectivity index (χ3n) is 3.88. The van der Waals surface area contributed by atoms with Gasteiger partial charge in [0.1, 0.15) is 0 Å². The maximum Gasteiger partial charge on any atom is 0.260 e. The monoisotopic (exact) mass is 391 g/mol. The first-order valence-corrected chi connectivity index (χ1v) is 9.51. The van der Waals surface area contributed by atoms with E-state index < -0.39 is 15.6 Å². The van der Waals surface area contributed by atoms with Crippen LogP contribution in [0.25, 0.3) is 0 Å². The first-order chi connectivity index (χ1) is 11.2. The van der Waals surface area contributed by atoms with E-state index in [0.717, 1.165) is 0 Å². The summed E-state index contributed by atoms with van der Waals surface area (Å²) in [6.45, 7) is 1.65. The molecule has 1 aromatic heterocycles. The number of sulfonamides is 1. The second-order valence-electron chi connectivity index (χ2n) is 5.75. The summed E-state index contributed by atoms with van der Waals surface area (Å²) in [4.78, 5) is 4.00. The summed E-state index contributed by atoms with van der Waals surface area (Å²) >= 11 is 11.9. The summed E-state index contributed by atoms with van der Waals surface area (Å²) in [7, 11) is -3.66. The fraction of sp³-hybridized carbons (Fsp3) is 0.429. The fourth-order valence-corrected chi connectivity index (χ4v) is 4.75. The molecule has 1 atom stereocenters. The molecule has 0 bridgehead atoms. The lowest BCUT2D eigenvalue weighted by Gasteiger charge is -2.20. The molecule has 1 saturated heterocycles. The van der Waals surface area contributed by atoms with E-state index in [0.29, 0.717) is 16.4 Å². The standard InChI is InChI=1S/C14H15Cl2N3O4S/c1-9-17-13(23-18-9)14(20)4-5-19(8-14)24(21,22)7-10-2-3-11(15)6-12(10)16/h2-3,6,20H,4-5,7-8H2,1H3/t14-/m1/s1. The molecule has 0 saturated carbocycles. The zero-order valence-electron chi connectivity index (χ0n) is 12.7. The number of β-amino-alcohol motifs (C(OH)–C–C–N with tert-alkyl or cyclic N) is 1. The molecule has 0 amide bonds. The minimum atomic E-state index is -3.66. The lowest BCUT2D eigenvalue weighted by atomic mass is 10.0. The first-order valence-electron chi connectivity index (χ1n) is 7.14. The quantitative estimate of drug-likeness (QED) is 0.856. The summed E-state index contributed by atoms with van der Waals surface area (Å²) in [5, 5.41) is 15.0. The van der Waals surface area contributed by atoms with E-state index >= 15 is 0 Å². The van der Waals surface area contributed by atoms with Crippen molar-refractivity contribution in [1.29, 1.82) is 0 Å². The normalized spacial score (nSPS) is 22.2. The van der Waals surface area contributed by atoms with E-state index in [1.165, 1.54) is 10.4 Å². The predicted octanol–water partition coefficient (Wildman–Crippen LogP) is 2.11. The third kappa shape index (κ3) is 3.43. The highest BCUT2D eigenvalue weighted by molar-refractivity contribution is 7.88. The highest BCUT2D eigenvalue weighted by Crippen LogP contribution is 2.33. The number of halogens is 2. The lowest BCUT2D eigenvalue weighted by Crippen LogP contribution is -2.35. The van der Waals surface area contributed by atoms with Gasteiger partial charge in [-0.05, 0) is 24.6 Å². The SMILES string of the molecule is Cc1noc([C@@]2(O)CCN(S(=O)(=O)Cc3ccc(Cl)cc3Cl)C2)n1. The van der Waals surface area contributed by atoms with E-state index in [9.17, 15) is 13.5 Å². The van der Waals surface area contributed by atoms with Gasteiger partial charge in [0, 0.05) is 23.0 Å². The Balaban J connectivity index is 1.79. The van der Waals surface area contributed by atoms with Crippen molar-refractivity contribution in [2.45, 2.75) is 24.7 Å². The molecule has 0 aliphatic carbocycles. The van der Waals surface area contributed by atoms with Gasteiger partial charge in [-0.15, -0.1) is 0 Å². The van der Waals surface area contributed by atoms with E-state index in [2.05, 4.69) is 10.1 Å². The van der Waals surface area contributed by atoms with Gasteiger partial charge in [-0.3, -0.25) is 0 Å². The van der Waals surface area contributed by atoms with Crippen molar-refractivity contribution in [2.24, 2.45) is 0 Å². The van der Waals surface area contributed by atoms with Crippen LogP contribution in [0.1, 0.15) is 23.7 Å². The molecule has 0 unspecified atom stereocenters. The minimum Gasteiger partial charge on any atom is -0.379 e. The largest absolute Gasteiger partial charge is 0.379 e. The van der Waals surface area contributed by atoms with Crippen molar-refractivity contribution in [1.82, 2.24) is 14.4 Å². The highest BCUT2D eigenvalue weighted by atomic mass is 35.5. The van der Waals surface area contributed by atoms with Crippen LogP contribution in [0.2, 0.25) is 10.0 Å². The van der Waals surface area contributed by atoms with Crippen LogP contribution < -0.4 is 0 Å². The van der Waals surface area contributed by atoms with Gasteiger partial charge < -0.3 is 9.63 Å². The molecule has 1 aliphatic heterocycles. The number of hydrogen-bond donors (Lipinski definition) is 1. The Hall–Kier alpha value is -1.19. The van der Waals surface area contributed by atoms with Crippen LogP contribution in [0.4, 0.5) is 0 Å². The van der Waals surface area contributed by atoms with Gasteiger partial charge in [-0.2, -0.15) is 9.29 Å². The van der Waals surface area contributed by atoms with Gasteiger partial charge in [0.25, 0.3) is 5.89 Å². The fourth-order valence-electron chi connectivity index (χ4n) is 2.58. The van der Waals surface area contributed by atoms with Gasteiger partial charge >= 0.3 is 0 Å². The van der Waals surface area contributed by atoms with Crippen LogP contribution in [-0.4, -0.2) is 41.1 Å². The number of aryl methyl sites for hydroxylation is 1. The number of benzene rings is 1. The van der Waals surface area contributed by atoms with Crippen LogP contribution in [0.3, 0.4) is 0 Å². The topological polar surface area (TPSA) is 96.5 Å². The molecular formula is C14H15Cl2N3O4S. The number of aromatic nitrogens is 2. The molecule has 0 spiro atoms. The van der Waals surface area contributed by atoms with Crippen molar-refractivity contribution in [2.75, 3.05) is 13.1 Å². The second kappa shape index (κ2) is 6.27. The highest BCUT2D eigenvalue weighted by Gasteiger charge is 2.46. The molecule has 0 radical (unpaired) electrons. The molecule has 1 N–H and O–H groups in total. The molecule has 2 aromatic rings. The first kappa shape index (κ1) is 17.6. The average molecular weight is 392 g/mol. The Morgan fingerprint density at radius 3 is 2.79 bits per heavy atom. The molecule has 2 heterocycles. The van der Waals surface area contributed by atoms with E-state index in [1.807, 2.05) is 0 Å². The summed E-state index contributed by atoms with van der Waals surface area (Å²) in [6, 6.07) is 4.65. The minimum absolute atomic E-state index is 0.0298. The van der Waals surface area contributed by atoms with Crippen LogP contribution >= 0.6 is 23.2 Å². The van der Waals surface area contributed by atoms with Crippen LogP contribution in [0.15, 0.2) is 22.7 Å². The predicted molar refractivity (Wildman–Crippen MR) is 88.2 cm³/mol. The summed E-state index contributed by atoms with van der Waals surface area (Å²) in [6.07, 6.45) is 0.183. The molecule has 7 nitrogen and oxygen atoms in total. The zero-order valence-corrected chi connectivity index (χ0v) is 15.1. The van der Waals surface area contributed by atoms with Crippen molar-refractivity contribution >= 4 is 33.2 Å². The van der Waals surface area contributed by atoms with Crippen LogP contribution in [-0.2, 0) is 21.4 Å². The molecule has 130 valence electrons. The van der Waals surface area contributed by atoms with Gasteiger partial charge in [0.15, 0.2) is 11.4 Å². The lowest BCUT2D eigenvalue weighted by molar-refractivity contribution is 0.0194. The maximum atomic E-state index is 12.6. The summed E-state index contributed by atoms with van der Waals surface area (Å²) in [5.41, 5.74) is -1.02. The Morgan fingerprint density at radius 2 is 2.17 bits per heavy atom. The van der Waals surface area contributed by atoms with Gasteiger partial charge in [-0.25, -0.2) is 8.42 Å². The van der Waals surface area contributed by atoms with E-state index in [1.54, 1.807) is 19.1 Å². The number of hydrogen-bond acceptors (Lipinski definition) is 6. The molecule has 1 aromatic carbocycles.